The van der Waals surface area contributed by atoms with Gasteiger partial charge in [-0.2, -0.15) is 0 Å². The molecule has 1 atom stereocenters. The maximum absolute atomic E-state index is 9.72. The Kier molecular flexibility index (Phi) is 6.77. The lowest BCUT2D eigenvalue weighted by Gasteiger charge is -2.40. The van der Waals surface area contributed by atoms with Crippen molar-refractivity contribution in [3.63, 3.8) is 0 Å². The number of β-amino-alcohol motifs (C(OH)–C–C–N with tert-alkyl or cyclic N) is 1. The maximum atomic E-state index is 9.72. The number of nitrogens with zero attached hydrogens (tertiary/aromatic N) is 1. The van der Waals surface area contributed by atoms with Crippen molar-refractivity contribution in [3.05, 3.63) is 35.9 Å². The molecule has 1 aliphatic heterocycles. The first-order valence-electron chi connectivity index (χ1n) is 7.10. The number of likely N-dealkylation sites (tertiary alicyclic amines) is 1. The first-order valence-corrected chi connectivity index (χ1v) is 7.10. The third-order valence-corrected chi connectivity index (χ3v) is 4.37. The Bertz CT molecular complexity index is 360. The van der Waals surface area contributed by atoms with Crippen LogP contribution in [0.3, 0.4) is 0 Å². The fraction of sp³-hybridized carbons (Fsp3) is 0.625. The summed E-state index contributed by atoms with van der Waals surface area (Å²) in [6.45, 7) is 7.45. The Morgan fingerprint density at radius 3 is 2.32 bits per heavy atom. The Morgan fingerprint density at radius 2 is 1.79 bits per heavy atom. The first-order chi connectivity index (χ1) is 8.64. The van der Waals surface area contributed by atoms with E-state index in [9.17, 15) is 5.11 Å². The molecule has 108 valence electrons. The molecule has 1 fully saturated rings. The molecule has 1 aliphatic rings. The minimum Gasteiger partial charge on any atom is -0.392 e. The smallest absolute Gasteiger partial charge is 0.0664 e. The van der Waals surface area contributed by atoms with Gasteiger partial charge < -0.3 is 10.0 Å². The van der Waals surface area contributed by atoms with Gasteiger partial charge in [0.2, 0.25) is 0 Å². The van der Waals surface area contributed by atoms with Crippen LogP contribution in [0.4, 0.5) is 0 Å². The highest BCUT2D eigenvalue weighted by atomic mass is 127. The molecule has 1 aromatic carbocycles. The second-order valence-corrected chi connectivity index (χ2v) is 5.79. The number of piperidine rings is 1. The first kappa shape index (κ1) is 16.9. The molecule has 1 N–H and O–H groups in total. The summed E-state index contributed by atoms with van der Waals surface area (Å²) in [5.74, 6) is 0. The number of rotatable bonds is 4. The van der Waals surface area contributed by atoms with Gasteiger partial charge in [0.1, 0.15) is 0 Å². The number of benzene rings is 1. The summed E-state index contributed by atoms with van der Waals surface area (Å²) in [4.78, 5) is 2.40. The summed E-state index contributed by atoms with van der Waals surface area (Å²) in [7, 11) is 0. The molecule has 0 amide bonds. The molecule has 0 unspecified atom stereocenters. The van der Waals surface area contributed by atoms with Gasteiger partial charge in [0, 0.05) is 6.54 Å². The highest BCUT2D eigenvalue weighted by Gasteiger charge is 2.31. The van der Waals surface area contributed by atoms with E-state index in [1.54, 1.807) is 0 Å². The zero-order valence-electron chi connectivity index (χ0n) is 12.0. The zero-order chi connectivity index (χ0) is 13.0. The molecule has 0 radical (unpaired) electrons. The lowest BCUT2D eigenvalue weighted by atomic mass is 9.74. The Morgan fingerprint density at radius 1 is 1.21 bits per heavy atom. The van der Waals surface area contributed by atoms with Crippen LogP contribution < -0.4 is 0 Å². The minimum absolute atomic E-state index is 0. The average molecular weight is 375 g/mol. The number of aliphatic hydroxyl groups is 1. The highest BCUT2D eigenvalue weighted by molar-refractivity contribution is 14.0. The number of hydrogen-bond acceptors (Lipinski definition) is 2. The molecule has 0 saturated carbocycles. The van der Waals surface area contributed by atoms with Crippen LogP contribution in [-0.4, -0.2) is 35.7 Å². The largest absolute Gasteiger partial charge is 0.392 e. The van der Waals surface area contributed by atoms with E-state index in [1.807, 2.05) is 6.92 Å². The molecule has 1 saturated heterocycles. The standard InChI is InChI=1S/C16H25NO.HI/c1-3-15(18)13-17-11-9-16(2,10-12-17)14-7-5-4-6-8-14;/h4-8,15,18H,3,9-13H2,1-2H3;1H/t15-;/m0./s1. The number of halogens is 1. The second kappa shape index (κ2) is 7.60. The van der Waals surface area contributed by atoms with Crippen LogP contribution in [0.25, 0.3) is 0 Å². The monoisotopic (exact) mass is 375 g/mol. The summed E-state index contributed by atoms with van der Waals surface area (Å²) in [5.41, 5.74) is 1.77. The summed E-state index contributed by atoms with van der Waals surface area (Å²) in [6, 6.07) is 10.8. The van der Waals surface area contributed by atoms with Crippen molar-refractivity contribution in [1.29, 1.82) is 0 Å². The van der Waals surface area contributed by atoms with Gasteiger partial charge in [-0.15, -0.1) is 24.0 Å². The van der Waals surface area contributed by atoms with Gasteiger partial charge in [-0.05, 0) is 43.3 Å². The lowest BCUT2D eigenvalue weighted by Crippen LogP contribution is -2.43. The van der Waals surface area contributed by atoms with Crippen LogP contribution >= 0.6 is 24.0 Å². The van der Waals surface area contributed by atoms with Gasteiger partial charge in [-0.25, -0.2) is 0 Å². The molecule has 0 aromatic heterocycles. The van der Waals surface area contributed by atoms with Crippen molar-refractivity contribution < 1.29 is 5.11 Å². The van der Waals surface area contributed by atoms with Crippen molar-refractivity contribution in [2.45, 2.75) is 44.6 Å². The molecule has 1 aromatic rings. The van der Waals surface area contributed by atoms with Crippen LogP contribution in [-0.2, 0) is 5.41 Å². The van der Waals surface area contributed by atoms with E-state index >= 15 is 0 Å². The third kappa shape index (κ3) is 4.43. The van der Waals surface area contributed by atoms with Crippen molar-refractivity contribution in [2.24, 2.45) is 0 Å². The van der Waals surface area contributed by atoms with Crippen LogP contribution in [0.5, 0.6) is 0 Å². The van der Waals surface area contributed by atoms with Gasteiger partial charge in [-0.3, -0.25) is 0 Å². The van der Waals surface area contributed by atoms with Crippen LogP contribution in [0, 0.1) is 0 Å². The molecule has 2 nitrogen and oxygen atoms in total. The van der Waals surface area contributed by atoms with Crippen LogP contribution in [0.1, 0.15) is 38.7 Å². The molecular formula is C16H26INO. The zero-order valence-corrected chi connectivity index (χ0v) is 14.3. The molecule has 0 aliphatic carbocycles. The van der Waals surface area contributed by atoms with Crippen molar-refractivity contribution in [2.75, 3.05) is 19.6 Å². The van der Waals surface area contributed by atoms with Gasteiger partial charge >= 0.3 is 0 Å². The maximum Gasteiger partial charge on any atom is 0.0664 e. The summed E-state index contributed by atoms with van der Waals surface area (Å²) >= 11 is 0. The number of hydrogen-bond donors (Lipinski definition) is 1. The van der Waals surface area contributed by atoms with Crippen molar-refractivity contribution in [3.8, 4) is 0 Å². The van der Waals surface area contributed by atoms with E-state index in [-0.39, 0.29) is 30.1 Å². The molecule has 19 heavy (non-hydrogen) atoms. The van der Waals surface area contributed by atoms with E-state index in [0.717, 1.165) is 26.1 Å². The fourth-order valence-electron chi connectivity index (χ4n) is 2.79. The fourth-order valence-corrected chi connectivity index (χ4v) is 2.79. The van der Waals surface area contributed by atoms with Crippen molar-refractivity contribution in [1.82, 2.24) is 4.90 Å². The van der Waals surface area contributed by atoms with E-state index in [4.69, 9.17) is 0 Å². The van der Waals surface area contributed by atoms with E-state index in [1.165, 1.54) is 18.4 Å². The molecule has 1 heterocycles. The summed E-state index contributed by atoms with van der Waals surface area (Å²) in [5, 5.41) is 9.72. The van der Waals surface area contributed by atoms with Gasteiger partial charge in [0.25, 0.3) is 0 Å². The quantitative estimate of drug-likeness (QED) is 0.816. The summed E-state index contributed by atoms with van der Waals surface area (Å²) in [6.07, 6.45) is 3.07. The van der Waals surface area contributed by atoms with E-state index < -0.39 is 0 Å². The lowest BCUT2D eigenvalue weighted by molar-refractivity contribution is 0.0822. The normalized spacial score (nSPS) is 20.6. The minimum atomic E-state index is -0.161. The predicted molar refractivity (Wildman–Crippen MR) is 91.2 cm³/mol. The Hall–Kier alpha value is -0.130. The van der Waals surface area contributed by atoms with Crippen LogP contribution in [0.15, 0.2) is 30.3 Å². The van der Waals surface area contributed by atoms with Gasteiger partial charge in [0.05, 0.1) is 6.10 Å². The van der Waals surface area contributed by atoms with E-state index in [0.29, 0.717) is 5.41 Å². The molecular weight excluding hydrogens is 349 g/mol. The Labute approximate surface area is 134 Å². The highest BCUT2D eigenvalue weighted by Crippen LogP contribution is 2.34. The third-order valence-electron chi connectivity index (χ3n) is 4.37. The van der Waals surface area contributed by atoms with Crippen LogP contribution in [0.2, 0.25) is 0 Å². The molecule has 2 rings (SSSR count). The van der Waals surface area contributed by atoms with Crippen molar-refractivity contribution >= 4 is 24.0 Å². The molecule has 3 heteroatoms. The number of aliphatic hydroxyl groups excluding tert-OH is 1. The topological polar surface area (TPSA) is 23.5 Å². The van der Waals surface area contributed by atoms with Gasteiger partial charge in [-0.1, -0.05) is 44.2 Å². The molecule has 0 bridgehead atoms. The predicted octanol–water partition coefficient (Wildman–Crippen LogP) is 3.43. The SMILES string of the molecule is CC[C@H](O)CN1CCC(C)(c2ccccc2)CC1.I. The average Bonchev–Trinajstić information content (AvgIpc) is 2.42. The molecule has 0 spiro atoms. The Balaban J connectivity index is 0.00000180. The van der Waals surface area contributed by atoms with E-state index in [2.05, 4.69) is 42.2 Å². The second-order valence-electron chi connectivity index (χ2n) is 5.79. The summed E-state index contributed by atoms with van der Waals surface area (Å²) < 4.78 is 0. The van der Waals surface area contributed by atoms with Gasteiger partial charge in [0.15, 0.2) is 0 Å².